The molecule has 72 valence electrons. The van der Waals surface area contributed by atoms with Crippen LogP contribution in [-0.4, -0.2) is 5.01 Å². The Morgan fingerprint density at radius 3 is 2.57 bits per heavy atom. The van der Waals surface area contributed by atoms with E-state index in [2.05, 4.69) is 5.43 Å². The van der Waals surface area contributed by atoms with Crippen LogP contribution in [0.2, 0.25) is 5.02 Å². The van der Waals surface area contributed by atoms with E-state index >= 15 is 0 Å². The summed E-state index contributed by atoms with van der Waals surface area (Å²) in [6.07, 6.45) is 7.84. The van der Waals surface area contributed by atoms with Crippen LogP contribution in [0.25, 0.3) is 0 Å². The van der Waals surface area contributed by atoms with Gasteiger partial charge in [-0.15, -0.1) is 0 Å². The lowest BCUT2D eigenvalue weighted by molar-refractivity contribution is 0.304. The Kier molecular flexibility index (Phi) is 2.75. The number of allylic oxidation sites excluding steroid dienone is 2. The van der Waals surface area contributed by atoms with Crippen molar-refractivity contribution in [2.24, 2.45) is 0 Å². The van der Waals surface area contributed by atoms with E-state index in [1.54, 1.807) is 0 Å². The molecule has 1 aliphatic rings. The minimum Gasteiger partial charge on any atom is -0.306 e. The van der Waals surface area contributed by atoms with Gasteiger partial charge in [0.2, 0.25) is 0 Å². The molecule has 0 radical (unpaired) electrons. The topological polar surface area (TPSA) is 15.3 Å². The Balaban J connectivity index is 2.00. The molecule has 0 fully saturated rings. The zero-order chi connectivity index (χ0) is 9.80. The molecule has 1 aromatic rings. The molecule has 1 N–H and O–H groups in total. The predicted octanol–water partition coefficient (Wildman–Crippen LogP) is 2.69. The monoisotopic (exact) mass is 206 g/mol. The van der Waals surface area contributed by atoms with Crippen molar-refractivity contribution in [1.82, 2.24) is 10.4 Å². The third kappa shape index (κ3) is 2.30. The van der Waals surface area contributed by atoms with E-state index in [-0.39, 0.29) is 0 Å². The van der Waals surface area contributed by atoms with Crippen LogP contribution in [0.15, 0.2) is 48.8 Å². The van der Waals surface area contributed by atoms with Gasteiger partial charge in [-0.25, -0.2) is 0 Å². The van der Waals surface area contributed by atoms with Gasteiger partial charge in [0.25, 0.3) is 0 Å². The number of hydrogen-bond donors (Lipinski definition) is 1. The van der Waals surface area contributed by atoms with Gasteiger partial charge in [0.1, 0.15) is 0 Å². The largest absolute Gasteiger partial charge is 0.306 e. The van der Waals surface area contributed by atoms with Gasteiger partial charge >= 0.3 is 0 Å². The summed E-state index contributed by atoms with van der Waals surface area (Å²) in [6.45, 7) is 0.831. The van der Waals surface area contributed by atoms with Gasteiger partial charge in [0.05, 0.1) is 6.54 Å². The fourth-order valence-corrected chi connectivity index (χ4v) is 1.40. The van der Waals surface area contributed by atoms with Crippen LogP contribution >= 0.6 is 11.6 Å². The number of rotatable bonds is 2. The Bertz CT molecular complexity index is 354. The number of nitrogens with zero attached hydrogens (tertiary/aromatic N) is 1. The summed E-state index contributed by atoms with van der Waals surface area (Å²) >= 11 is 5.80. The molecule has 0 bridgehead atoms. The maximum Gasteiger partial charge on any atom is 0.0637 e. The van der Waals surface area contributed by atoms with E-state index in [0.717, 1.165) is 11.6 Å². The third-order valence-corrected chi connectivity index (χ3v) is 2.23. The SMILES string of the molecule is Clc1ccc(CN2C=CC=CN2)cc1. The molecule has 3 heteroatoms. The van der Waals surface area contributed by atoms with Crippen molar-refractivity contribution in [3.8, 4) is 0 Å². The molecule has 0 unspecified atom stereocenters. The lowest BCUT2D eigenvalue weighted by atomic mass is 10.2. The maximum atomic E-state index is 5.80. The van der Waals surface area contributed by atoms with Crippen LogP contribution in [0.1, 0.15) is 5.56 Å². The highest BCUT2D eigenvalue weighted by atomic mass is 35.5. The highest BCUT2D eigenvalue weighted by molar-refractivity contribution is 6.30. The Morgan fingerprint density at radius 2 is 1.93 bits per heavy atom. The molecule has 0 spiro atoms. The molecular weight excluding hydrogens is 196 g/mol. The number of halogens is 1. The molecule has 14 heavy (non-hydrogen) atoms. The summed E-state index contributed by atoms with van der Waals surface area (Å²) in [5.74, 6) is 0. The summed E-state index contributed by atoms with van der Waals surface area (Å²) in [5, 5.41) is 2.78. The lowest BCUT2D eigenvalue weighted by Crippen LogP contribution is -2.29. The van der Waals surface area contributed by atoms with Gasteiger partial charge in [0.15, 0.2) is 0 Å². The smallest absolute Gasteiger partial charge is 0.0637 e. The van der Waals surface area contributed by atoms with Crippen molar-refractivity contribution in [2.75, 3.05) is 0 Å². The normalized spacial score (nSPS) is 14.2. The van der Waals surface area contributed by atoms with Gasteiger partial charge in [-0.05, 0) is 29.8 Å². The second-order valence-electron chi connectivity index (χ2n) is 3.08. The first-order valence-electron chi connectivity index (χ1n) is 4.45. The summed E-state index contributed by atoms with van der Waals surface area (Å²) < 4.78 is 0. The fraction of sp³-hybridized carbons (Fsp3) is 0.0909. The highest BCUT2D eigenvalue weighted by Crippen LogP contribution is 2.11. The van der Waals surface area contributed by atoms with Crippen molar-refractivity contribution in [3.63, 3.8) is 0 Å². The Morgan fingerprint density at radius 1 is 1.14 bits per heavy atom. The summed E-state index contributed by atoms with van der Waals surface area (Å²) in [7, 11) is 0. The highest BCUT2D eigenvalue weighted by Gasteiger charge is 2.00. The lowest BCUT2D eigenvalue weighted by Gasteiger charge is -2.21. The van der Waals surface area contributed by atoms with Crippen LogP contribution in [-0.2, 0) is 6.54 Å². The predicted molar refractivity (Wildman–Crippen MR) is 58.4 cm³/mol. The van der Waals surface area contributed by atoms with Gasteiger partial charge in [-0.2, -0.15) is 0 Å². The standard InChI is InChI=1S/C11H11ClN2/c12-11-5-3-10(4-6-11)9-14-8-2-1-7-13-14/h1-8,13H,9H2. The van der Waals surface area contributed by atoms with Crippen molar-refractivity contribution in [3.05, 3.63) is 59.4 Å². The van der Waals surface area contributed by atoms with Crippen molar-refractivity contribution < 1.29 is 0 Å². The van der Waals surface area contributed by atoms with E-state index in [9.17, 15) is 0 Å². The average molecular weight is 207 g/mol. The molecule has 1 aliphatic heterocycles. The molecular formula is C11H11ClN2. The number of hydrogen-bond acceptors (Lipinski definition) is 2. The number of benzene rings is 1. The summed E-state index contributed by atoms with van der Waals surface area (Å²) in [6, 6.07) is 7.85. The van der Waals surface area contributed by atoms with E-state index in [4.69, 9.17) is 11.6 Å². The van der Waals surface area contributed by atoms with Gasteiger partial charge < -0.3 is 5.43 Å². The second kappa shape index (κ2) is 4.20. The fourth-order valence-electron chi connectivity index (χ4n) is 1.28. The molecule has 2 nitrogen and oxygen atoms in total. The molecule has 0 saturated carbocycles. The summed E-state index contributed by atoms with van der Waals surface area (Å²) in [5.41, 5.74) is 4.34. The van der Waals surface area contributed by atoms with E-state index in [1.807, 2.05) is 53.8 Å². The van der Waals surface area contributed by atoms with Gasteiger partial charge in [-0.3, -0.25) is 5.01 Å². The van der Waals surface area contributed by atoms with E-state index < -0.39 is 0 Å². The van der Waals surface area contributed by atoms with Gasteiger partial charge in [0, 0.05) is 17.4 Å². The molecule has 1 aromatic carbocycles. The van der Waals surface area contributed by atoms with E-state index in [0.29, 0.717) is 0 Å². The molecule has 0 atom stereocenters. The number of nitrogens with one attached hydrogen (secondary N) is 1. The average Bonchev–Trinajstić information content (AvgIpc) is 2.23. The minimum atomic E-state index is 0.774. The Labute approximate surface area is 88.5 Å². The second-order valence-corrected chi connectivity index (χ2v) is 3.52. The Hall–Kier alpha value is -1.41. The number of hydrazine groups is 1. The van der Waals surface area contributed by atoms with Crippen LogP contribution < -0.4 is 5.43 Å². The molecule has 0 amide bonds. The first-order valence-corrected chi connectivity index (χ1v) is 4.83. The molecule has 0 aromatic heterocycles. The third-order valence-electron chi connectivity index (χ3n) is 1.98. The molecule has 2 rings (SSSR count). The van der Waals surface area contributed by atoms with Gasteiger partial charge in [-0.1, -0.05) is 23.7 Å². The van der Waals surface area contributed by atoms with Crippen molar-refractivity contribution >= 4 is 11.6 Å². The maximum absolute atomic E-state index is 5.80. The van der Waals surface area contributed by atoms with Crippen LogP contribution in [0, 0.1) is 0 Å². The quantitative estimate of drug-likeness (QED) is 0.801. The van der Waals surface area contributed by atoms with E-state index in [1.165, 1.54) is 5.56 Å². The van der Waals surface area contributed by atoms with Crippen LogP contribution in [0.4, 0.5) is 0 Å². The summed E-state index contributed by atoms with van der Waals surface area (Å²) in [4.78, 5) is 0. The first kappa shape index (κ1) is 9.16. The minimum absolute atomic E-state index is 0.774. The zero-order valence-electron chi connectivity index (χ0n) is 7.65. The van der Waals surface area contributed by atoms with Crippen molar-refractivity contribution in [2.45, 2.75) is 6.54 Å². The molecule has 0 aliphatic carbocycles. The van der Waals surface area contributed by atoms with Crippen LogP contribution in [0.3, 0.4) is 0 Å². The zero-order valence-corrected chi connectivity index (χ0v) is 8.41. The van der Waals surface area contributed by atoms with Crippen molar-refractivity contribution in [1.29, 1.82) is 0 Å². The molecule has 0 saturated heterocycles. The first-order chi connectivity index (χ1) is 6.84. The molecule has 1 heterocycles. The van der Waals surface area contributed by atoms with Crippen LogP contribution in [0.5, 0.6) is 0 Å².